The van der Waals surface area contributed by atoms with E-state index in [1.54, 1.807) is 60.3 Å². The van der Waals surface area contributed by atoms with Crippen molar-refractivity contribution in [1.82, 2.24) is 19.4 Å². The van der Waals surface area contributed by atoms with Crippen molar-refractivity contribution in [3.8, 4) is 28.1 Å². The second-order valence-corrected chi connectivity index (χ2v) is 10.4. The van der Waals surface area contributed by atoms with Gasteiger partial charge in [0.25, 0.3) is 5.91 Å². The summed E-state index contributed by atoms with van der Waals surface area (Å²) in [6, 6.07) is 12.1. The largest absolute Gasteiger partial charge is 0.496 e. The molecule has 216 valence electrons. The highest BCUT2D eigenvalue weighted by Crippen LogP contribution is 2.41. The Kier molecular flexibility index (Phi) is 8.58. The van der Waals surface area contributed by atoms with Crippen LogP contribution in [-0.2, 0) is 29.5 Å². The molecule has 1 N–H and O–H groups in total. The molecule has 1 amide bonds. The van der Waals surface area contributed by atoms with Crippen LogP contribution in [0.4, 0.5) is 5.69 Å². The Balaban J connectivity index is 1.42. The molecule has 1 aliphatic rings. The van der Waals surface area contributed by atoms with Crippen molar-refractivity contribution in [2.24, 2.45) is 7.05 Å². The Labute approximate surface area is 252 Å². The summed E-state index contributed by atoms with van der Waals surface area (Å²) in [4.78, 5) is 47.3. The third-order valence-corrected chi connectivity index (χ3v) is 7.97. The van der Waals surface area contributed by atoms with Crippen LogP contribution in [0, 0.1) is 0 Å². The molecule has 0 spiro atoms. The Morgan fingerprint density at radius 1 is 1.10 bits per heavy atom. The number of benzene rings is 2. The van der Waals surface area contributed by atoms with Gasteiger partial charge in [-0.3, -0.25) is 24.3 Å². The molecular formula is C30H27Cl2N5O5. The van der Waals surface area contributed by atoms with E-state index in [1.807, 2.05) is 4.90 Å². The Morgan fingerprint density at radius 2 is 1.88 bits per heavy atom. The standard InChI is InChI=1S/C30H27Cl2N5O5/c1-36-23-10-12-37(15-25(39)42-3)14-22(23)34-29(36)30(40)35-21-6-4-5-19(26(21)31)20-9-11-33-28(27(20)32)17-7-8-18(16-38)24(13-17)41-2/h4-9,11,13,16H,10,12,14-15H2,1-3H3,(H,35,40). The molecule has 4 aromatic rings. The summed E-state index contributed by atoms with van der Waals surface area (Å²) in [5.41, 5.74) is 4.83. The van der Waals surface area contributed by atoms with Gasteiger partial charge in [0.15, 0.2) is 12.1 Å². The summed E-state index contributed by atoms with van der Waals surface area (Å²) in [6.07, 6.45) is 2.97. The summed E-state index contributed by atoms with van der Waals surface area (Å²) in [5.74, 6) is -0.104. The van der Waals surface area contributed by atoms with Gasteiger partial charge in [-0.1, -0.05) is 41.4 Å². The van der Waals surface area contributed by atoms with E-state index in [-0.39, 0.29) is 18.3 Å². The number of halogens is 2. The first-order valence-electron chi connectivity index (χ1n) is 13.0. The Hall–Kier alpha value is -4.25. The van der Waals surface area contributed by atoms with E-state index < -0.39 is 5.91 Å². The van der Waals surface area contributed by atoms with Crippen molar-refractivity contribution in [3.63, 3.8) is 0 Å². The van der Waals surface area contributed by atoms with Gasteiger partial charge in [-0.05, 0) is 24.3 Å². The Morgan fingerprint density at radius 3 is 2.62 bits per heavy atom. The minimum absolute atomic E-state index is 0.160. The quantitative estimate of drug-likeness (QED) is 0.218. The number of esters is 1. The Bertz CT molecular complexity index is 1700. The molecule has 10 nitrogen and oxygen atoms in total. The number of imidazole rings is 1. The van der Waals surface area contributed by atoms with Crippen LogP contribution in [0.15, 0.2) is 48.7 Å². The molecule has 1 aliphatic heterocycles. The van der Waals surface area contributed by atoms with E-state index in [0.717, 1.165) is 11.4 Å². The van der Waals surface area contributed by atoms with Gasteiger partial charge in [0, 0.05) is 55.1 Å². The number of carbonyl (C=O) groups is 3. The molecular weight excluding hydrogens is 581 g/mol. The van der Waals surface area contributed by atoms with Gasteiger partial charge in [-0.2, -0.15) is 0 Å². The molecule has 0 unspecified atom stereocenters. The van der Waals surface area contributed by atoms with Crippen molar-refractivity contribution in [2.75, 3.05) is 32.6 Å². The molecule has 0 saturated heterocycles. The number of carbonyl (C=O) groups excluding carboxylic acids is 3. The normalized spacial score (nSPS) is 12.9. The number of nitrogens with one attached hydrogen (secondary N) is 1. The first-order chi connectivity index (χ1) is 20.2. The lowest BCUT2D eigenvalue weighted by Gasteiger charge is -2.25. The zero-order valence-electron chi connectivity index (χ0n) is 23.1. The first kappa shape index (κ1) is 29.2. The van der Waals surface area contributed by atoms with Gasteiger partial charge < -0.3 is 19.4 Å². The van der Waals surface area contributed by atoms with E-state index in [9.17, 15) is 14.4 Å². The molecule has 0 fully saturated rings. The zero-order valence-corrected chi connectivity index (χ0v) is 24.6. The van der Waals surface area contributed by atoms with E-state index >= 15 is 0 Å². The van der Waals surface area contributed by atoms with Crippen LogP contribution in [0.1, 0.15) is 32.4 Å². The van der Waals surface area contributed by atoms with Crippen LogP contribution in [0.3, 0.4) is 0 Å². The highest BCUT2D eigenvalue weighted by Gasteiger charge is 2.27. The van der Waals surface area contributed by atoms with Crippen LogP contribution in [0.2, 0.25) is 10.0 Å². The minimum Gasteiger partial charge on any atom is -0.496 e. The monoisotopic (exact) mass is 607 g/mol. The molecule has 3 heterocycles. The molecule has 5 rings (SSSR count). The van der Waals surface area contributed by atoms with Gasteiger partial charge in [-0.15, -0.1) is 0 Å². The zero-order chi connectivity index (χ0) is 30.0. The highest BCUT2D eigenvalue weighted by molar-refractivity contribution is 6.39. The van der Waals surface area contributed by atoms with Crippen molar-refractivity contribution in [1.29, 1.82) is 0 Å². The molecule has 12 heteroatoms. The number of fused-ring (bicyclic) bond motifs is 1. The SMILES string of the molecule is COC(=O)CN1CCc2c(nc(C(=O)Nc3cccc(-c4ccnc(-c5ccc(C=O)c(OC)c5)c4Cl)c3Cl)n2C)C1. The number of pyridine rings is 1. The summed E-state index contributed by atoms with van der Waals surface area (Å²) < 4.78 is 11.9. The second kappa shape index (κ2) is 12.3. The van der Waals surface area contributed by atoms with Gasteiger partial charge in [-0.25, -0.2) is 4.98 Å². The van der Waals surface area contributed by atoms with Crippen molar-refractivity contribution < 1.29 is 23.9 Å². The van der Waals surface area contributed by atoms with Crippen molar-refractivity contribution in [2.45, 2.75) is 13.0 Å². The first-order valence-corrected chi connectivity index (χ1v) is 13.7. The lowest BCUT2D eigenvalue weighted by atomic mass is 10.0. The van der Waals surface area contributed by atoms with Crippen molar-refractivity contribution >= 4 is 47.1 Å². The fraction of sp³-hybridized carbons (Fsp3) is 0.233. The van der Waals surface area contributed by atoms with E-state index in [0.29, 0.717) is 75.2 Å². The van der Waals surface area contributed by atoms with Crippen molar-refractivity contribution in [3.05, 3.63) is 81.5 Å². The number of rotatable bonds is 8. The molecule has 0 radical (unpaired) electrons. The fourth-order valence-electron chi connectivity index (χ4n) is 4.99. The van der Waals surface area contributed by atoms with Gasteiger partial charge >= 0.3 is 5.97 Å². The lowest BCUT2D eigenvalue weighted by Crippen LogP contribution is -2.35. The van der Waals surface area contributed by atoms with E-state index in [4.69, 9.17) is 32.7 Å². The number of ether oxygens (including phenoxy) is 2. The van der Waals surface area contributed by atoms with Gasteiger partial charge in [0.05, 0.1) is 53.4 Å². The average molecular weight is 608 g/mol. The number of amides is 1. The molecule has 2 aromatic heterocycles. The van der Waals surface area contributed by atoms with E-state index in [2.05, 4.69) is 15.3 Å². The number of methoxy groups -OCH3 is 2. The minimum atomic E-state index is -0.422. The van der Waals surface area contributed by atoms with Crippen LogP contribution >= 0.6 is 23.2 Å². The molecule has 0 saturated carbocycles. The predicted molar refractivity (Wildman–Crippen MR) is 159 cm³/mol. The fourth-order valence-corrected chi connectivity index (χ4v) is 5.59. The van der Waals surface area contributed by atoms with Crippen LogP contribution in [0.5, 0.6) is 5.75 Å². The number of aldehydes is 1. The molecule has 42 heavy (non-hydrogen) atoms. The second-order valence-electron chi connectivity index (χ2n) is 9.64. The van der Waals surface area contributed by atoms with Gasteiger partial charge in [0.2, 0.25) is 0 Å². The third-order valence-electron chi connectivity index (χ3n) is 7.18. The number of hydrogen-bond donors (Lipinski definition) is 1. The molecule has 0 aliphatic carbocycles. The molecule has 0 bridgehead atoms. The summed E-state index contributed by atoms with van der Waals surface area (Å²) in [7, 11) is 4.63. The number of hydrogen-bond acceptors (Lipinski definition) is 8. The number of nitrogens with zero attached hydrogens (tertiary/aromatic N) is 4. The summed E-state index contributed by atoms with van der Waals surface area (Å²) in [5, 5.41) is 3.52. The maximum absolute atomic E-state index is 13.4. The molecule has 0 atom stereocenters. The van der Waals surface area contributed by atoms with Crippen LogP contribution < -0.4 is 10.1 Å². The predicted octanol–water partition coefficient (Wildman–Crippen LogP) is 5.06. The highest BCUT2D eigenvalue weighted by atomic mass is 35.5. The summed E-state index contributed by atoms with van der Waals surface area (Å²) >= 11 is 13.7. The topological polar surface area (TPSA) is 116 Å². The average Bonchev–Trinajstić information content (AvgIpc) is 3.33. The van der Waals surface area contributed by atoms with E-state index in [1.165, 1.54) is 14.2 Å². The third kappa shape index (κ3) is 5.61. The maximum Gasteiger partial charge on any atom is 0.319 e. The molecule has 2 aromatic carbocycles. The smallest absolute Gasteiger partial charge is 0.319 e. The number of aromatic nitrogens is 3. The lowest BCUT2D eigenvalue weighted by molar-refractivity contribution is -0.142. The summed E-state index contributed by atoms with van der Waals surface area (Å²) in [6.45, 7) is 1.25. The number of anilines is 1. The van der Waals surface area contributed by atoms with Crippen LogP contribution in [0.25, 0.3) is 22.4 Å². The van der Waals surface area contributed by atoms with Gasteiger partial charge in [0.1, 0.15) is 5.75 Å². The maximum atomic E-state index is 13.4. The van der Waals surface area contributed by atoms with Crippen LogP contribution in [-0.4, -0.2) is 64.9 Å².